The van der Waals surface area contributed by atoms with Gasteiger partial charge in [0.1, 0.15) is 5.75 Å². The summed E-state index contributed by atoms with van der Waals surface area (Å²) in [6, 6.07) is 2.11. The van der Waals surface area contributed by atoms with E-state index in [-0.39, 0.29) is 0 Å². The van der Waals surface area contributed by atoms with E-state index in [2.05, 4.69) is 24.2 Å². The second kappa shape index (κ2) is 4.22. The van der Waals surface area contributed by atoms with E-state index < -0.39 is 0 Å². The van der Waals surface area contributed by atoms with E-state index in [0.717, 1.165) is 17.9 Å². The summed E-state index contributed by atoms with van der Waals surface area (Å²) in [7, 11) is 0. The van der Waals surface area contributed by atoms with Gasteiger partial charge in [0.05, 0.1) is 11.8 Å². The van der Waals surface area contributed by atoms with Crippen molar-refractivity contribution in [1.82, 2.24) is 4.98 Å². The molecule has 1 fully saturated rings. The van der Waals surface area contributed by atoms with Crippen LogP contribution < -0.4 is 4.74 Å². The van der Waals surface area contributed by atoms with Crippen LogP contribution in [-0.2, 0) is 6.42 Å². The summed E-state index contributed by atoms with van der Waals surface area (Å²) in [5, 5.41) is 0. The van der Waals surface area contributed by atoms with Gasteiger partial charge in [0.25, 0.3) is 0 Å². The normalized spacial score (nSPS) is 15.6. The number of rotatable bonds is 4. The van der Waals surface area contributed by atoms with Crippen LogP contribution in [0.5, 0.6) is 5.75 Å². The van der Waals surface area contributed by atoms with E-state index in [1.165, 1.54) is 17.7 Å². The SMILES string of the molecule is CCc1ncc(SC)cc1OC1CC1. The van der Waals surface area contributed by atoms with Crippen molar-refractivity contribution in [1.29, 1.82) is 0 Å². The number of hydrogen-bond donors (Lipinski definition) is 0. The molecule has 1 aliphatic carbocycles. The molecule has 0 N–H and O–H groups in total. The Morgan fingerprint density at radius 1 is 1.57 bits per heavy atom. The Bertz CT molecular complexity index is 323. The molecule has 14 heavy (non-hydrogen) atoms. The summed E-state index contributed by atoms with van der Waals surface area (Å²) in [6.45, 7) is 2.11. The first-order valence-electron chi connectivity index (χ1n) is 5.03. The molecule has 1 heterocycles. The van der Waals surface area contributed by atoms with Gasteiger partial charge in [-0.15, -0.1) is 11.8 Å². The minimum absolute atomic E-state index is 0.458. The van der Waals surface area contributed by atoms with Gasteiger partial charge in [-0.05, 0) is 31.6 Å². The molecule has 0 atom stereocenters. The number of pyridine rings is 1. The standard InChI is InChI=1S/C11H15NOS/c1-3-10-11(13-8-4-5-8)6-9(14-2)7-12-10/h6-8H,3-5H2,1-2H3. The van der Waals surface area contributed by atoms with Gasteiger partial charge in [0.15, 0.2) is 0 Å². The molecule has 1 aromatic heterocycles. The Labute approximate surface area is 89.1 Å². The highest BCUT2D eigenvalue weighted by Crippen LogP contribution is 2.30. The molecule has 1 aliphatic rings. The summed E-state index contributed by atoms with van der Waals surface area (Å²) in [5.74, 6) is 0.988. The smallest absolute Gasteiger partial charge is 0.142 e. The predicted molar refractivity (Wildman–Crippen MR) is 59.0 cm³/mol. The number of ether oxygens (including phenoxy) is 1. The lowest BCUT2D eigenvalue weighted by molar-refractivity contribution is 0.297. The van der Waals surface area contributed by atoms with Crippen molar-refractivity contribution >= 4 is 11.8 Å². The first-order valence-corrected chi connectivity index (χ1v) is 6.25. The number of hydrogen-bond acceptors (Lipinski definition) is 3. The van der Waals surface area contributed by atoms with Crippen LogP contribution in [0.2, 0.25) is 0 Å². The van der Waals surface area contributed by atoms with E-state index in [0.29, 0.717) is 6.10 Å². The molecule has 0 amide bonds. The van der Waals surface area contributed by atoms with Crippen molar-refractivity contribution in [2.24, 2.45) is 0 Å². The maximum atomic E-state index is 5.81. The maximum absolute atomic E-state index is 5.81. The van der Waals surface area contributed by atoms with Gasteiger partial charge in [0, 0.05) is 11.1 Å². The Morgan fingerprint density at radius 2 is 2.36 bits per heavy atom. The summed E-state index contributed by atoms with van der Waals surface area (Å²) >= 11 is 1.71. The molecule has 1 saturated carbocycles. The Hall–Kier alpha value is -0.700. The van der Waals surface area contributed by atoms with Crippen LogP contribution >= 0.6 is 11.8 Å². The zero-order valence-corrected chi connectivity index (χ0v) is 9.43. The molecule has 2 rings (SSSR count). The van der Waals surface area contributed by atoms with Crippen LogP contribution in [0.4, 0.5) is 0 Å². The van der Waals surface area contributed by atoms with Crippen LogP contribution in [0.3, 0.4) is 0 Å². The highest BCUT2D eigenvalue weighted by atomic mass is 32.2. The first kappa shape index (κ1) is 9.84. The van der Waals surface area contributed by atoms with Gasteiger partial charge in [-0.2, -0.15) is 0 Å². The fourth-order valence-electron chi connectivity index (χ4n) is 1.30. The molecule has 0 saturated heterocycles. The second-order valence-electron chi connectivity index (χ2n) is 3.49. The molecule has 1 aromatic rings. The monoisotopic (exact) mass is 209 g/mol. The largest absolute Gasteiger partial charge is 0.488 e. The van der Waals surface area contributed by atoms with E-state index in [1.54, 1.807) is 11.8 Å². The zero-order valence-electron chi connectivity index (χ0n) is 8.62. The summed E-state index contributed by atoms with van der Waals surface area (Å²) in [6.07, 6.45) is 7.78. The van der Waals surface area contributed by atoms with E-state index >= 15 is 0 Å². The van der Waals surface area contributed by atoms with Crippen LogP contribution in [-0.4, -0.2) is 17.3 Å². The molecular weight excluding hydrogens is 194 g/mol. The molecule has 0 unspecified atom stereocenters. The van der Waals surface area contributed by atoms with Crippen LogP contribution in [0.15, 0.2) is 17.2 Å². The molecule has 2 nitrogen and oxygen atoms in total. The molecule has 0 spiro atoms. The first-order chi connectivity index (χ1) is 6.83. The van der Waals surface area contributed by atoms with Gasteiger partial charge in [0.2, 0.25) is 0 Å². The minimum Gasteiger partial charge on any atom is -0.488 e. The van der Waals surface area contributed by atoms with Crippen molar-refractivity contribution in [3.63, 3.8) is 0 Å². The predicted octanol–water partition coefficient (Wildman–Crippen LogP) is 2.91. The van der Waals surface area contributed by atoms with Gasteiger partial charge < -0.3 is 4.74 Å². The average molecular weight is 209 g/mol. The molecule has 0 aromatic carbocycles. The zero-order chi connectivity index (χ0) is 9.97. The fraction of sp³-hybridized carbons (Fsp3) is 0.545. The van der Waals surface area contributed by atoms with Gasteiger partial charge in [-0.25, -0.2) is 0 Å². The van der Waals surface area contributed by atoms with Gasteiger partial charge >= 0.3 is 0 Å². The molecule has 76 valence electrons. The lowest BCUT2D eigenvalue weighted by Gasteiger charge is -2.09. The minimum atomic E-state index is 0.458. The van der Waals surface area contributed by atoms with Crippen molar-refractivity contribution in [2.75, 3.05) is 6.26 Å². The number of aryl methyl sites for hydroxylation is 1. The quantitative estimate of drug-likeness (QED) is 0.712. The van der Waals surface area contributed by atoms with Gasteiger partial charge in [-0.3, -0.25) is 4.98 Å². The average Bonchev–Trinajstić information content (AvgIpc) is 3.01. The molecular formula is C11H15NOS. The van der Waals surface area contributed by atoms with Crippen molar-refractivity contribution in [3.05, 3.63) is 18.0 Å². The lowest BCUT2D eigenvalue weighted by Crippen LogP contribution is -2.01. The van der Waals surface area contributed by atoms with E-state index in [1.807, 2.05) is 6.20 Å². The summed E-state index contributed by atoms with van der Waals surface area (Å²) < 4.78 is 5.81. The second-order valence-corrected chi connectivity index (χ2v) is 4.37. The van der Waals surface area contributed by atoms with Crippen molar-refractivity contribution in [2.45, 2.75) is 37.2 Å². The molecule has 0 radical (unpaired) electrons. The van der Waals surface area contributed by atoms with Crippen LogP contribution in [0.1, 0.15) is 25.5 Å². The fourth-order valence-corrected chi connectivity index (χ4v) is 1.68. The van der Waals surface area contributed by atoms with E-state index in [4.69, 9.17) is 4.74 Å². The van der Waals surface area contributed by atoms with Crippen molar-refractivity contribution in [3.8, 4) is 5.75 Å². The Morgan fingerprint density at radius 3 is 2.93 bits per heavy atom. The molecule has 3 heteroatoms. The highest BCUT2D eigenvalue weighted by Gasteiger charge is 2.24. The molecule has 0 aliphatic heterocycles. The maximum Gasteiger partial charge on any atom is 0.142 e. The summed E-state index contributed by atoms with van der Waals surface area (Å²) in [4.78, 5) is 5.58. The number of nitrogens with zero attached hydrogens (tertiary/aromatic N) is 1. The topological polar surface area (TPSA) is 22.1 Å². The third-order valence-electron chi connectivity index (χ3n) is 2.29. The lowest BCUT2D eigenvalue weighted by atomic mass is 10.3. The third-order valence-corrected chi connectivity index (χ3v) is 2.99. The van der Waals surface area contributed by atoms with Crippen LogP contribution in [0, 0.1) is 0 Å². The van der Waals surface area contributed by atoms with E-state index in [9.17, 15) is 0 Å². The number of thioether (sulfide) groups is 1. The third kappa shape index (κ3) is 2.21. The number of aromatic nitrogens is 1. The van der Waals surface area contributed by atoms with Crippen molar-refractivity contribution < 1.29 is 4.74 Å². The molecule has 0 bridgehead atoms. The van der Waals surface area contributed by atoms with Gasteiger partial charge in [-0.1, -0.05) is 6.92 Å². The Kier molecular flexibility index (Phi) is 2.96. The highest BCUT2D eigenvalue weighted by molar-refractivity contribution is 7.98. The van der Waals surface area contributed by atoms with Crippen LogP contribution in [0.25, 0.3) is 0 Å². The Balaban J connectivity index is 2.21. The summed E-state index contributed by atoms with van der Waals surface area (Å²) in [5.41, 5.74) is 1.08.